The van der Waals surface area contributed by atoms with Crippen molar-refractivity contribution >= 4 is 15.7 Å². The van der Waals surface area contributed by atoms with E-state index in [1.165, 1.54) is 6.26 Å². The van der Waals surface area contributed by atoms with Gasteiger partial charge in [0.2, 0.25) is 5.91 Å². The third-order valence-electron chi connectivity index (χ3n) is 4.03. The molecule has 1 amide bonds. The summed E-state index contributed by atoms with van der Waals surface area (Å²) in [6.07, 6.45) is 2.56. The Bertz CT molecular complexity index is 567. The molecule has 0 unspecified atom stereocenters. The van der Waals surface area contributed by atoms with Gasteiger partial charge in [0.25, 0.3) is 0 Å². The molecule has 0 heterocycles. The first-order chi connectivity index (χ1) is 9.79. The van der Waals surface area contributed by atoms with E-state index in [2.05, 4.69) is 5.32 Å². The Kier molecular flexibility index (Phi) is 5.92. The van der Waals surface area contributed by atoms with Crippen LogP contribution in [0.25, 0.3) is 0 Å². The van der Waals surface area contributed by atoms with Crippen LogP contribution in [-0.2, 0) is 21.2 Å². The average Bonchev–Trinajstić information content (AvgIpc) is 2.47. The largest absolute Gasteiger partial charge is 0.352 e. The Morgan fingerprint density at radius 2 is 1.71 bits per heavy atom. The molecule has 6 heteroatoms. The second-order valence-electron chi connectivity index (χ2n) is 5.29. The van der Waals surface area contributed by atoms with Crippen LogP contribution >= 0.6 is 0 Å². The summed E-state index contributed by atoms with van der Waals surface area (Å²) in [5.74, 6) is -0.0535. The number of benzene rings is 1. The highest BCUT2D eigenvalue weighted by Crippen LogP contribution is 2.25. The molecule has 0 aliphatic rings. The minimum Gasteiger partial charge on any atom is -0.352 e. The number of carbonyl (C=O) groups is 1. The van der Waals surface area contributed by atoms with Crippen molar-refractivity contribution in [1.29, 1.82) is 0 Å². The van der Waals surface area contributed by atoms with Gasteiger partial charge in [0, 0.05) is 19.3 Å². The molecule has 1 aromatic carbocycles. The maximum atomic E-state index is 12.3. The first-order valence-electron chi connectivity index (χ1n) is 7.06. The SMILES string of the molecule is CCC(CC)(CN)C(=O)NCc1ccc(S(C)(=O)=O)cc1. The van der Waals surface area contributed by atoms with Gasteiger partial charge in [-0.1, -0.05) is 26.0 Å². The average molecular weight is 312 g/mol. The quantitative estimate of drug-likeness (QED) is 0.798. The van der Waals surface area contributed by atoms with Gasteiger partial charge in [0.05, 0.1) is 10.3 Å². The molecule has 1 aromatic rings. The fourth-order valence-corrected chi connectivity index (χ4v) is 2.81. The molecule has 1 rings (SSSR count). The Morgan fingerprint density at radius 1 is 1.19 bits per heavy atom. The van der Waals surface area contributed by atoms with E-state index in [0.29, 0.717) is 25.9 Å². The van der Waals surface area contributed by atoms with E-state index in [4.69, 9.17) is 5.73 Å². The molecule has 0 bridgehead atoms. The molecule has 0 fully saturated rings. The van der Waals surface area contributed by atoms with E-state index >= 15 is 0 Å². The Labute approximate surface area is 126 Å². The molecule has 0 aliphatic heterocycles. The molecule has 0 atom stereocenters. The molecule has 5 nitrogen and oxygen atoms in total. The number of hydrogen-bond donors (Lipinski definition) is 2. The molecule has 0 spiro atoms. The lowest BCUT2D eigenvalue weighted by Gasteiger charge is -2.28. The highest BCUT2D eigenvalue weighted by Gasteiger charge is 2.32. The first-order valence-corrected chi connectivity index (χ1v) is 8.95. The van der Waals surface area contributed by atoms with Gasteiger partial charge < -0.3 is 11.1 Å². The van der Waals surface area contributed by atoms with E-state index in [0.717, 1.165) is 5.56 Å². The van der Waals surface area contributed by atoms with E-state index in [1.807, 2.05) is 13.8 Å². The lowest BCUT2D eigenvalue weighted by molar-refractivity contribution is -0.131. The molecule has 3 N–H and O–H groups in total. The summed E-state index contributed by atoms with van der Waals surface area (Å²) in [7, 11) is -3.19. The fourth-order valence-electron chi connectivity index (χ4n) is 2.18. The van der Waals surface area contributed by atoms with Crippen LogP contribution in [0.5, 0.6) is 0 Å². The molecule has 118 valence electrons. The number of hydrogen-bond acceptors (Lipinski definition) is 4. The summed E-state index contributed by atoms with van der Waals surface area (Å²) in [4.78, 5) is 12.5. The van der Waals surface area contributed by atoms with E-state index < -0.39 is 15.3 Å². The summed E-state index contributed by atoms with van der Waals surface area (Å²) >= 11 is 0. The van der Waals surface area contributed by atoms with Crippen molar-refractivity contribution in [2.45, 2.75) is 38.1 Å². The number of nitrogens with two attached hydrogens (primary N) is 1. The third kappa shape index (κ3) is 4.28. The number of nitrogens with one attached hydrogen (secondary N) is 1. The lowest BCUT2D eigenvalue weighted by atomic mass is 9.81. The van der Waals surface area contributed by atoms with Crippen molar-refractivity contribution in [2.75, 3.05) is 12.8 Å². The van der Waals surface area contributed by atoms with Gasteiger partial charge in [-0.15, -0.1) is 0 Å². The van der Waals surface area contributed by atoms with Crippen molar-refractivity contribution in [2.24, 2.45) is 11.1 Å². The number of sulfone groups is 1. The molecule has 0 saturated carbocycles. The minimum atomic E-state index is -3.19. The zero-order chi connectivity index (χ0) is 16.1. The summed E-state index contributed by atoms with van der Waals surface area (Å²) in [6.45, 7) is 4.59. The Hall–Kier alpha value is -1.40. The van der Waals surface area contributed by atoms with E-state index in [-0.39, 0.29) is 10.8 Å². The highest BCUT2D eigenvalue weighted by atomic mass is 32.2. The molecule has 0 saturated heterocycles. The van der Waals surface area contributed by atoms with E-state index in [9.17, 15) is 13.2 Å². The predicted octanol–water partition coefficient (Wildman–Crippen LogP) is 1.47. The van der Waals surface area contributed by atoms with Crippen LogP contribution in [0.15, 0.2) is 29.2 Å². The van der Waals surface area contributed by atoms with Gasteiger partial charge in [0.15, 0.2) is 9.84 Å². The normalized spacial score (nSPS) is 12.2. The zero-order valence-electron chi connectivity index (χ0n) is 12.8. The van der Waals surface area contributed by atoms with Gasteiger partial charge in [-0.25, -0.2) is 8.42 Å². The molecular weight excluding hydrogens is 288 g/mol. The smallest absolute Gasteiger partial charge is 0.227 e. The summed E-state index contributed by atoms with van der Waals surface area (Å²) in [5.41, 5.74) is 6.07. The van der Waals surface area contributed by atoms with E-state index in [1.54, 1.807) is 24.3 Å². The first kappa shape index (κ1) is 17.7. The van der Waals surface area contributed by atoms with Crippen LogP contribution in [0.3, 0.4) is 0 Å². The lowest BCUT2D eigenvalue weighted by Crippen LogP contribution is -2.45. The summed E-state index contributed by atoms with van der Waals surface area (Å²) in [6, 6.07) is 6.51. The highest BCUT2D eigenvalue weighted by molar-refractivity contribution is 7.90. The second kappa shape index (κ2) is 7.04. The van der Waals surface area contributed by atoms with Crippen LogP contribution in [0.1, 0.15) is 32.3 Å². The fraction of sp³-hybridized carbons (Fsp3) is 0.533. The van der Waals surface area contributed by atoms with Crippen LogP contribution < -0.4 is 11.1 Å². The topological polar surface area (TPSA) is 89.3 Å². The van der Waals surface area contributed by atoms with Crippen LogP contribution in [0.4, 0.5) is 0 Å². The second-order valence-corrected chi connectivity index (χ2v) is 7.31. The standard InChI is InChI=1S/C15H24N2O3S/c1-4-15(5-2,11-16)14(18)17-10-12-6-8-13(9-7-12)21(3,19)20/h6-9H,4-5,10-11,16H2,1-3H3,(H,17,18). The van der Waals surface area contributed by atoms with Crippen LogP contribution in [0.2, 0.25) is 0 Å². The van der Waals surface area contributed by atoms with Crippen LogP contribution in [-0.4, -0.2) is 27.1 Å². The van der Waals surface area contributed by atoms with Crippen molar-refractivity contribution in [1.82, 2.24) is 5.32 Å². The minimum absolute atomic E-state index is 0.0535. The molecule has 0 aliphatic carbocycles. The van der Waals surface area contributed by atoms with Crippen molar-refractivity contribution < 1.29 is 13.2 Å². The van der Waals surface area contributed by atoms with Gasteiger partial charge in [-0.3, -0.25) is 4.79 Å². The van der Waals surface area contributed by atoms with Gasteiger partial charge in [-0.2, -0.15) is 0 Å². The molecular formula is C15H24N2O3S. The Morgan fingerprint density at radius 3 is 2.10 bits per heavy atom. The number of carbonyl (C=O) groups excluding carboxylic acids is 1. The maximum absolute atomic E-state index is 12.3. The summed E-state index contributed by atoms with van der Waals surface area (Å²) < 4.78 is 22.7. The number of amides is 1. The zero-order valence-corrected chi connectivity index (χ0v) is 13.7. The predicted molar refractivity (Wildman–Crippen MR) is 83.5 cm³/mol. The Balaban J connectivity index is 2.74. The van der Waals surface area contributed by atoms with Gasteiger partial charge in [0.1, 0.15) is 0 Å². The van der Waals surface area contributed by atoms with Crippen molar-refractivity contribution in [3.8, 4) is 0 Å². The monoisotopic (exact) mass is 312 g/mol. The molecule has 21 heavy (non-hydrogen) atoms. The number of rotatable bonds is 7. The summed E-state index contributed by atoms with van der Waals surface area (Å²) in [5, 5.41) is 2.88. The van der Waals surface area contributed by atoms with Gasteiger partial charge >= 0.3 is 0 Å². The third-order valence-corrected chi connectivity index (χ3v) is 5.16. The van der Waals surface area contributed by atoms with Crippen molar-refractivity contribution in [3.05, 3.63) is 29.8 Å². The molecule has 0 aromatic heterocycles. The van der Waals surface area contributed by atoms with Crippen LogP contribution in [0, 0.1) is 5.41 Å². The molecule has 0 radical (unpaired) electrons. The van der Waals surface area contributed by atoms with Crippen molar-refractivity contribution in [3.63, 3.8) is 0 Å². The maximum Gasteiger partial charge on any atom is 0.227 e. The van der Waals surface area contributed by atoms with Gasteiger partial charge in [-0.05, 0) is 30.5 Å².